The Morgan fingerprint density at radius 1 is 0.905 bits per heavy atom. The zero-order chi connectivity index (χ0) is 29.8. The van der Waals surface area contributed by atoms with Gasteiger partial charge in [0.25, 0.3) is 0 Å². The molecule has 3 amide bonds. The Hall–Kier alpha value is -3.59. The van der Waals surface area contributed by atoms with Crippen molar-refractivity contribution in [2.45, 2.75) is 43.1 Å². The molecule has 42 heavy (non-hydrogen) atoms. The van der Waals surface area contributed by atoms with Gasteiger partial charge in [0.05, 0.1) is 12.2 Å². The monoisotopic (exact) mass is 592 g/mol. The molecular formula is C33H41ClN4O4. The van der Waals surface area contributed by atoms with Crippen LogP contribution in [0.4, 0.5) is 9.59 Å². The highest BCUT2D eigenvalue weighted by molar-refractivity contribution is 6.30. The van der Waals surface area contributed by atoms with Crippen molar-refractivity contribution in [3.8, 4) is 0 Å². The number of carbonyl (C=O) groups is 2. The Kier molecular flexibility index (Phi) is 11.2. The van der Waals surface area contributed by atoms with Crippen molar-refractivity contribution in [2.24, 2.45) is 5.73 Å². The van der Waals surface area contributed by atoms with E-state index in [4.69, 9.17) is 22.1 Å². The van der Waals surface area contributed by atoms with Gasteiger partial charge in [0.2, 0.25) is 0 Å². The van der Waals surface area contributed by atoms with Crippen molar-refractivity contribution in [2.75, 3.05) is 39.3 Å². The van der Waals surface area contributed by atoms with E-state index >= 15 is 0 Å². The minimum Gasteiger partial charge on any atom is -0.450 e. The molecule has 224 valence electrons. The number of ether oxygens (including phenoxy) is 1. The van der Waals surface area contributed by atoms with E-state index in [2.05, 4.69) is 39.8 Å². The van der Waals surface area contributed by atoms with Crippen molar-refractivity contribution in [1.29, 1.82) is 0 Å². The number of halogens is 1. The number of likely N-dealkylation sites (tertiary alicyclic amines) is 1. The van der Waals surface area contributed by atoms with Crippen molar-refractivity contribution in [1.82, 2.24) is 15.5 Å². The summed E-state index contributed by atoms with van der Waals surface area (Å²) in [6, 6.07) is 27.9. The number of rotatable bonds is 13. The quantitative estimate of drug-likeness (QED) is 0.204. The van der Waals surface area contributed by atoms with Crippen LogP contribution in [0, 0.1) is 0 Å². The lowest BCUT2D eigenvalue weighted by Gasteiger charge is -2.40. The molecule has 0 aliphatic carbocycles. The van der Waals surface area contributed by atoms with Crippen LogP contribution in [0.2, 0.25) is 5.02 Å². The van der Waals surface area contributed by atoms with Crippen LogP contribution in [0.5, 0.6) is 0 Å². The highest BCUT2D eigenvalue weighted by Crippen LogP contribution is 2.38. The first kappa shape index (κ1) is 31.3. The average Bonchev–Trinajstić information content (AvgIpc) is 3.01. The van der Waals surface area contributed by atoms with Crippen LogP contribution >= 0.6 is 11.6 Å². The van der Waals surface area contributed by atoms with Gasteiger partial charge in [-0.3, -0.25) is 0 Å². The molecule has 0 spiro atoms. The minimum atomic E-state index is -0.831. The normalized spacial score (nSPS) is 15.1. The van der Waals surface area contributed by atoms with Gasteiger partial charge in [-0.25, -0.2) is 9.59 Å². The number of amides is 3. The maximum atomic E-state index is 12.8. The highest BCUT2D eigenvalue weighted by atomic mass is 35.5. The zero-order valence-electron chi connectivity index (χ0n) is 23.9. The standard InChI is InChI=1S/C33H41ClN4O4/c34-29-15-13-28(14-16-29)33(41)18-22-38(23-19-33)21-7-17-32(26-9-3-1-4-10-26,27-11-5-2-6-12-27)25-37-31(40)36-20-8-24-42-30(35)39/h1-6,9-16,41H,7-8,17-25H2,(H2,35,39)(H2,36,37,40). The Bertz CT molecular complexity index is 1230. The number of urea groups is 1. The first-order chi connectivity index (χ1) is 20.3. The molecular weight excluding hydrogens is 552 g/mol. The molecule has 1 aliphatic rings. The molecule has 1 fully saturated rings. The Morgan fingerprint density at radius 2 is 1.50 bits per heavy atom. The lowest BCUT2D eigenvalue weighted by molar-refractivity contribution is -0.0262. The fraction of sp³-hybridized carbons (Fsp3) is 0.394. The summed E-state index contributed by atoms with van der Waals surface area (Å²) < 4.78 is 4.73. The predicted octanol–water partition coefficient (Wildman–Crippen LogP) is 5.17. The number of benzene rings is 3. The molecule has 1 aliphatic heterocycles. The second-order valence-electron chi connectivity index (χ2n) is 10.9. The third kappa shape index (κ3) is 8.47. The van der Waals surface area contributed by atoms with Gasteiger partial charge in [-0.05, 0) is 67.5 Å². The number of hydrogen-bond donors (Lipinski definition) is 4. The first-order valence-electron chi connectivity index (χ1n) is 14.6. The number of nitrogens with one attached hydrogen (secondary N) is 2. The molecule has 5 N–H and O–H groups in total. The maximum Gasteiger partial charge on any atom is 0.404 e. The minimum absolute atomic E-state index is 0.154. The summed E-state index contributed by atoms with van der Waals surface area (Å²) in [5.74, 6) is 0. The summed E-state index contributed by atoms with van der Waals surface area (Å²) in [6.07, 6.45) is 2.73. The molecule has 8 nitrogen and oxygen atoms in total. The molecule has 1 heterocycles. The average molecular weight is 593 g/mol. The molecule has 0 aromatic heterocycles. The number of carbonyl (C=O) groups excluding carboxylic acids is 2. The van der Waals surface area contributed by atoms with Gasteiger partial charge in [0, 0.05) is 36.6 Å². The Balaban J connectivity index is 1.41. The van der Waals surface area contributed by atoms with Crippen molar-refractivity contribution in [3.05, 3.63) is 107 Å². The zero-order valence-corrected chi connectivity index (χ0v) is 24.7. The molecule has 3 aromatic carbocycles. The number of hydrogen-bond acceptors (Lipinski definition) is 5. The van der Waals surface area contributed by atoms with E-state index in [0.717, 1.165) is 49.2 Å². The van der Waals surface area contributed by atoms with Crippen molar-refractivity contribution >= 4 is 23.7 Å². The molecule has 0 unspecified atom stereocenters. The predicted molar refractivity (Wildman–Crippen MR) is 165 cm³/mol. The molecule has 0 atom stereocenters. The van der Waals surface area contributed by atoms with Crippen LogP contribution in [-0.2, 0) is 15.8 Å². The summed E-state index contributed by atoms with van der Waals surface area (Å²) in [7, 11) is 0. The van der Waals surface area contributed by atoms with Gasteiger partial charge in [-0.15, -0.1) is 0 Å². The second kappa shape index (κ2) is 15.0. The molecule has 1 saturated heterocycles. The van der Waals surface area contributed by atoms with Crippen LogP contribution in [0.3, 0.4) is 0 Å². The number of piperidine rings is 1. The third-order valence-electron chi connectivity index (χ3n) is 8.20. The van der Waals surface area contributed by atoms with Crippen molar-refractivity contribution in [3.63, 3.8) is 0 Å². The van der Waals surface area contributed by atoms with Gasteiger partial charge in [-0.1, -0.05) is 84.4 Å². The number of primary amides is 1. The molecule has 0 bridgehead atoms. The molecule has 0 radical (unpaired) electrons. The topological polar surface area (TPSA) is 117 Å². The second-order valence-corrected chi connectivity index (χ2v) is 11.4. The summed E-state index contributed by atoms with van der Waals surface area (Å²) in [4.78, 5) is 25.9. The Labute approximate surface area is 253 Å². The Morgan fingerprint density at radius 3 is 2.07 bits per heavy atom. The van der Waals surface area contributed by atoms with Gasteiger partial charge in [-0.2, -0.15) is 0 Å². The summed E-state index contributed by atoms with van der Waals surface area (Å²) >= 11 is 6.05. The molecule has 9 heteroatoms. The van der Waals surface area contributed by atoms with Gasteiger partial charge < -0.3 is 31.1 Å². The van der Waals surface area contributed by atoms with Crippen LogP contribution in [0.25, 0.3) is 0 Å². The summed E-state index contributed by atoms with van der Waals surface area (Å²) in [5.41, 5.74) is 6.92. The van der Waals surface area contributed by atoms with Crippen LogP contribution < -0.4 is 16.4 Å². The van der Waals surface area contributed by atoms with Gasteiger partial charge >= 0.3 is 12.1 Å². The van der Waals surface area contributed by atoms with E-state index < -0.39 is 17.1 Å². The smallest absolute Gasteiger partial charge is 0.404 e. The highest BCUT2D eigenvalue weighted by Gasteiger charge is 2.36. The van der Waals surface area contributed by atoms with Gasteiger partial charge in [0.1, 0.15) is 0 Å². The van der Waals surface area contributed by atoms with Crippen LogP contribution in [-0.4, -0.2) is 61.5 Å². The number of nitrogens with two attached hydrogens (primary N) is 1. The maximum absolute atomic E-state index is 12.8. The molecule has 3 aromatic rings. The number of nitrogens with zero attached hydrogens (tertiary/aromatic N) is 1. The van der Waals surface area contributed by atoms with E-state index in [9.17, 15) is 14.7 Å². The van der Waals surface area contributed by atoms with Crippen LogP contribution in [0.1, 0.15) is 48.8 Å². The van der Waals surface area contributed by atoms with E-state index in [1.807, 2.05) is 60.7 Å². The third-order valence-corrected chi connectivity index (χ3v) is 8.45. The van der Waals surface area contributed by atoms with E-state index in [1.165, 1.54) is 0 Å². The first-order valence-corrected chi connectivity index (χ1v) is 14.9. The number of aliphatic hydroxyl groups is 1. The largest absolute Gasteiger partial charge is 0.450 e. The summed E-state index contributed by atoms with van der Waals surface area (Å²) in [6.45, 7) is 3.44. The van der Waals surface area contributed by atoms with Crippen LogP contribution in [0.15, 0.2) is 84.9 Å². The van der Waals surface area contributed by atoms with E-state index in [1.54, 1.807) is 0 Å². The van der Waals surface area contributed by atoms with E-state index in [0.29, 0.717) is 37.4 Å². The molecule has 4 rings (SSSR count). The lowest BCUT2D eigenvalue weighted by Crippen LogP contribution is -2.46. The SMILES string of the molecule is NC(=O)OCCCNC(=O)NCC(CCCN1CCC(O)(c2ccc(Cl)cc2)CC1)(c1ccccc1)c1ccccc1. The molecule has 0 saturated carbocycles. The van der Waals surface area contributed by atoms with Crippen molar-refractivity contribution < 1.29 is 19.4 Å². The summed E-state index contributed by atoms with van der Waals surface area (Å²) in [5, 5.41) is 17.9. The van der Waals surface area contributed by atoms with Gasteiger partial charge in [0.15, 0.2) is 0 Å². The fourth-order valence-electron chi connectivity index (χ4n) is 5.80. The lowest BCUT2D eigenvalue weighted by atomic mass is 9.71. The van der Waals surface area contributed by atoms with E-state index in [-0.39, 0.29) is 12.6 Å². The fourth-order valence-corrected chi connectivity index (χ4v) is 5.93.